The van der Waals surface area contributed by atoms with Crippen molar-refractivity contribution in [2.24, 2.45) is 11.8 Å². The van der Waals surface area contributed by atoms with E-state index in [-0.39, 0.29) is 12.4 Å². The van der Waals surface area contributed by atoms with Crippen LogP contribution < -0.4 is 9.47 Å². The first-order valence-electron chi connectivity index (χ1n) is 7.94. The SMILES string of the molecule is COc1c(OC2CCC3CCCCC3C2)ccnc1C.Cl. The fourth-order valence-electron chi connectivity index (χ4n) is 3.99. The molecule has 4 heteroatoms. The Kier molecular flexibility index (Phi) is 5.74. The molecule has 2 fully saturated rings. The van der Waals surface area contributed by atoms with E-state index in [1.165, 1.54) is 44.9 Å². The van der Waals surface area contributed by atoms with Gasteiger partial charge >= 0.3 is 0 Å². The van der Waals surface area contributed by atoms with Crippen LogP contribution in [0.2, 0.25) is 0 Å². The molecule has 3 rings (SSSR count). The molecule has 1 heterocycles. The number of pyridine rings is 1. The van der Waals surface area contributed by atoms with Crippen molar-refractivity contribution in [2.45, 2.75) is 58.0 Å². The van der Waals surface area contributed by atoms with Gasteiger partial charge in [-0.3, -0.25) is 4.98 Å². The smallest absolute Gasteiger partial charge is 0.182 e. The summed E-state index contributed by atoms with van der Waals surface area (Å²) in [5.41, 5.74) is 0.899. The lowest BCUT2D eigenvalue weighted by molar-refractivity contribution is 0.0628. The zero-order chi connectivity index (χ0) is 13.9. The van der Waals surface area contributed by atoms with Gasteiger partial charge in [0.1, 0.15) is 0 Å². The Morgan fingerprint density at radius 1 is 1.10 bits per heavy atom. The third-order valence-electron chi connectivity index (χ3n) is 5.04. The summed E-state index contributed by atoms with van der Waals surface area (Å²) in [6.45, 7) is 1.96. The van der Waals surface area contributed by atoms with Crippen LogP contribution in [0.25, 0.3) is 0 Å². The molecule has 2 aliphatic carbocycles. The highest BCUT2D eigenvalue weighted by Crippen LogP contribution is 2.42. The van der Waals surface area contributed by atoms with Gasteiger partial charge in [0.2, 0.25) is 0 Å². The molecule has 2 aliphatic rings. The van der Waals surface area contributed by atoms with Crippen molar-refractivity contribution < 1.29 is 9.47 Å². The van der Waals surface area contributed by atoms with Gasteiger partial charge in [0, 0.05) is 12.3 Å². The lowest BCUT2D eigenvalue weighted by Gasteiger charge is -2.39. The number of rotatable bonds is 3. The van der Waals surface area contributed by atoms with Gasteiger partial charge in [-0.05, 0) is 38.0 Å². The van der Waals surface area contributed by atoms with Crippen LogP contribution in [-0.2, 0) is 0 Å². The minimum Gasteiger partial charge on any atom is -0.491 e. The molecule has 0 saturated heterocycles. The van der Waals surface area contributed by atoms with E-state index in [4.69, 9.17) is 9.47 Å². The minimum absolute atomic E-state index is 0. The van der Waals surface area contributed by atoms with Gasteiger partial charge in [-0.2, -0.15) is 0 Å². The molecule has 0 spiro atoms. The van der Waals surface area contributed by atoms with Gasteiger partial charge in [-0.15, -0.1) is 12.4 Å². The highest BCUT2D eigenvalue weighted by atomic mass is 35.5. The van der Waals surface area contributed by atoms with Crippen molar-refractivity contribution in [3.05, 3.63) is 18.0 Å². The molecule has 3 unspecified atom stereocenters. The number of hydrogen-bond donors (Lipinski definition) is 0. The normalized spacial score (nSPS) is 28.2. The number of nitrogens with zero attached hydrogens (tertiary/aromatic N) is 1. The standard InChI is InChI=1S/C17H25NO2.ClH/c1-12-17(19-2)16(9-10-18-12)20-15-8-7-13-5-3-4-6-14(13)11-15;/h9-10,13-15H,3-8,11H2,1-2H3;1H. The summed E-state index contributed by atoms with van der Waals surface area (Å²) >= 11 is 0. The van der Waals surface area contributed by atoms with Gasteiger partial charge < -0.3 is 9.47 Å². The second-order valence-corrected chi connectivity index (χ2v) is 6.29. The lowest BCUT2D eigenvalue weighted by atomic mass is 9.70. The molecular weight excluding hydrogens is 286 g/mol. The molecule has 3 nitrogen and oxygen atoms in total. The van der Waals surface area contributed by atoms with Gasteiger partial charge in [0.15, 0.2) is 11.5 Å². The highest BCUT2D eigenvalue weighted by Gasteiger charge is 2.33. The summed E-state index contributed by atoms with van der Waals surface area (Å²) < 4.78 is 11.7. The number of fused-ring (bicyclic) bond motifs is 1. The quantitative estimate of drug-likeness (QED) is 0.820. The summed E-state index contributed by atoms with van der Waals surface area (Å²) in [4.78, 5) is 4.26. The Labute approximate surface area is 133 Å². The largest absolute Gasteiger partial charge is 0.491 e. The molecule has 1 aromatic heterocycles. The molecule has 0 bridgehead atoms. The van der Waals surface area contributed by atoms with E-state index < -0.39 is 0 Å². The first-order chi connectivity index (χ1) is 9.78. The molecular formula is C17H26ClNO2. The van der Waals surface area contributed by atoms with Gasteiger partial charge in [-0.1, -0.05) is 25.7 Å². The molecule has 3 atom stereocenters. The molecule has 21 heavy (non-hydrogen) atoms. The molecule has 0 radical (unpaired) electrons. The van der Waals surface area contributed by atoms with Crippen molar-refractivity contribution in [1.29, 1.82) is 0 Å². The van der Waals surface area contributed by atoms with Crippen LogP contribution in [-0.4, -0.2) is 18.2 Å². The van der Waals surface area contributed by atoms with Crippen LogP contribution in [0.1, 0.15) is 50.6 Å². The molecule has 0 aromatic carbocycles. The van der Waals surface area contributed by atoms with E-state index in [1.807, 2.05) is 13.0 Å². The summed E-state index contributed by atoms with van der Waals surface area (Å²) in [6, 6.07) is 1.93. The summed E-state index contributed by atoms with van der Waals surface area (Å²) in [7, 11) is 1.69. The van der Waals surface area contributed by atoms with Crippen LogP contribution in [0.4, 0.5) is 0 Å². The zero-order valence-corrected chi connectivity index (χ0v) is 13.8. The maximum absolute atomic E-state index is 6.24. The average molecular weight is 312 g/mol. The third kappa shape index (κ3) is 3.63. The molecule has 0 aliphatic heterocycles. The number of aromatic nitrogens is 1. The van der Waals surface area contributed by atoms with Crippen LogP contribution in [0.15, 0.2) is 12.3 Å². The maximum atomic E-state index is 6.24. The van der Waals surface area contributed by atoms with Crippen molar-refractivity contribution >= 4 is 12.4 Å². The fraction of sp³-hybridized carbons (Fsp3) is 0.706. The molecule has 2 saturated carbocycles. The van der Waals surface area contributed by atoms with Crippen LogP contribution in [0.3, 0.4) is 0 Å². The molecule has 118 valence electrons. The van der Waals surface area contributed by atoms with Gasteiger partial charge in [-0.25, -0.2) is 0 Å². The van der Waals surface area contributed by atoms with Crippen LogP contribution in [0, 0.1) is 18.8 Å². The molecule has 0 N–H and O–H groups in total. The number of halogens is 1. The number of aryl methyl sites for hydroxylation is 1. The predicted molar refractivity (Wildman–Crippen MR) is 86.5 cm³/mol. The first kappa shape index (κ1) is 16.4. The topological polar surface area (TPSA) is 31.4 Å². The molecule has 1 aromatic rings. The Bertz CT molecular complexity index is 466. The first-order valence-corrected chi connectivity index (χ1v) is 7.94. The summed E-state index contributed by atoms with van der Waals surface area (Å²) in [6.07, 6.45) is 11.6. The second kappa shape index (κ2) is 7.35. The molecule has 0 amide bonds. The average Bonchev–Trinajstić information content (AvgIpc) is 2.47. The van der Waals surface area contributed by atoms with E-state index in [1.54, 1.807) is 13.3 Å². The van der Waals surface area contributed by atoms with E-state index in [0.29, 0.717) is 6.10 Å². The number of methoxy groups -OCH3 is 1. The predicted octanol–water partition coefficient (Wildman–Crippen LogP) is 4.56. The fourth-order valence-corrected chi connectivity index (χ4v) is 3.99. The van der Waals surface area contributed by atoms with E-state index in [2.05, 4.69) is 4.98 Å². The summed E-state index contributed by atoms with van der Waals surface area (Å²) in [5.74, 6) is 3.50. The monoisotopic (exact) mass is 311 g/mol. The van der Waals surface area contributed by atoms with E-state index >= 15 is 0 Å². The van der Waals surface area contributed by atoms with Gasteiger partial charge in [0.25, 0.3) is 0 Å². The van der Waals surface area contributed by atoms with Gasteiger partial charge in [0.05, 0.1) is 18.9 Å². The lowest BCUT2D eigenvalue weighted by Crippen LogP contribution is -2.33. The third-order valence-corrected chi connectivity index (χ3v) is 5.04. The Morgan fingerprint density at radius 3 is 2.62 bits per heavy atom. The minimum atomic E-state index is 0. The second-order valence-electron chi connectivity index (χ2n) is 6.29. The summed E-state index contributed by atoms with van der Waals surface area (Å²) in [5, 5.41) is 0. The van der Waals surface area contributed by atoms with Crippen molar-refractivity contribution in [3.8, 4) is 11.5 Å². The Morgan fingerprint density at radius 2 is 1.86 bits per heavy atom. The number of ether oxygens (including phenoxy) is 2. The highest BCUT2D eigenvalue weighted by molar-refractivity contribution is 5.85. The Balaban J connectivity index is 0.00000161. The maximum Gasteiger partial charge on any atom is 0.182 e. The van der Waals surface area contributed by atoms with Crippen molar-refractivity contribution in [2.75, 3.05) is 7.11 Å². The van der Waals surface area contributed by atoms with E-state index in [9.17, 15) is 0 Å². The Hall–Kier alpha value is -0.960. The zero-order valence-electron chi connectivity index (χ0n) is 13.0. The van der Waals surface area contributed by atoms with Crippen LogP contribution >= 0.6 is 12.4 Å². The van der Waals surface area contributed by atoms with Crippen LogP contribution in [0.5, 0.6) is 11.5 Å². The van der Waals surface area contributed by atoms with E-state index in [0.717, 1.165) is 29.0 Å². The van der Waals surface area contributed by atoms with Crippen molar-refractivity contribution in [3.63, 3.8) is 0 Å². The number of hydrogen-bond acceptors (Lipinski definition) is 3. The van der Waals surface area contributed by atoms with Crippen molar-refractivity contribution in [1.82, 2.24) is 4.98 Å².